The Labute approximate surface area is 107 Å². The lowest BCUT2D eigenvalue weighted by Gasteiger charge is -2.33. The van der Waals surface area contributed by atoms with Gasteiger partial charge >= 0.3 is 0 Å². The highest BCUT2D eigenvalue weighted by Crippen LogP contribution is 2.25. The first-order chi connectivity index (χ1) is 8.20. The van der Waals surface area contributed by atoms with E-state index in [9.17, 15) is 0 Å². The van der Waals surface area contributed by atoms with Gasteiger partial charge in [-0.1, -0.05) is 44.9 Å². The van der Waals surface area contributed by atoms with Gasteiger partial charge in [-0.05, 0) is 37.8 Å². The molecule has 0 amide bonds. The van der Waals surface area contributed by atoms with Crippen LogP contribution < -0.4 is 4.90 Å². The van der Waals surface area contributed by atoms with Crippen molar-refractivity contribution in [1.82, 2.24) is 0 Å². The van der Waals surface area contributed by atoms with Gasteiger partial charge in [-0.25, -0.2) is 0 Å². The molecular weight excluding hydrogens is 206 g/mol. The van der Waals surface area contributed by atoms with Gasteiger partial charge in [0.1, 0.15) is 0 Å². The fraction of sp³-hybridized carbons (Fsp3) is 0.625. The lowest BCUT2D eigenvalue weighted by Crippen LogP contribution is -2.35. The minimum Gasteiger partial charge on any atom is -0.372 e. The van der Waals surface area contributed by atoms with E-state index >= 15 is 0 Å². The SMILES string of the molecule is CCCC(CCC)C(C)N(C)c1ccccc1. The van der Waals surface area contributed by atoms with E-state index in [1.807, 2.05) is 0 Å². The van der Waals surface area contributed by atoms with Gasteiger partial charge in [0.2, 0.25) is 0 Å². The molecule has 0 aliphatic carbocycles. The van der Waals surface area contributed by atoms with E-state index in [2.05, 4.69) is 63.1 Å². The lowest BCUT2D eigenvalue weighted by atomic mass is 9.90. The van der Waals surface area contributed by atoms with Gasteiger partial charge in [0, 0.05) is 18.8 Å². The van der Waals surface area contributed by atoms with Gasteiger partial charge in [-0.15, -0.1) is 0 Å². The molecule has 1 atom stereocenters. The molecule has 0 aliphatic heterocycles. The molecule has 96 valence electrons. The number of nitrogens with zero attached hydrogens (tertiary/aromatic N) is 1. The van der Waals surface area contributed by atoms with Gasteiger partial charge in [0.15, 0.2) is 0 Å². The molecule has 17 heavy (non-hydrogen) atoms. The molecule has 0 saturated heterocycles. The minimum atomic E-state index is 0.622. The van der Waals surface area contributed by atoms with Crippen LogP contribution in [0.3, 0.4) is 0 Å². The summed E-state index contributed by atoms with van der Waals surface area (Å²) in [4.78, 5) is 2.43. The third-order valence-electron chi connectivity index (χ3n) is 3.78. The molecule has 0 aliphatic rings. The van der Waals surface area contributed by atoms with E-state index in [1.54, 1.807) is 0 Å². The van der Waals surface area contributed by atoms with Crippen molar-refractivity contribution < 1.29 is 0 Å². The van der Waals surface area contributed by atoms with Crippen LogP contribution >= 0.6 is 0 Å². The zero-order valence-electron chi connectivity index (χ0n) is 11.8. The van der Waals surface area contributed by atoms with E-state index in [1.165, 1.54) is 31.4 Å². The van der Waals surface area contributed by atoms with E-state index in [0.29, 0.717) is 6.04 Å². The highest BCUT2D eigenvalue weighted by molar-refractivity contribution is 5.46. The number of para-hydroxylation sites is 1. The first-order valence-corrected chi connectivity index (χ1v) is 6.98. The van der Waals surface area contributed by atoms with Crippen molar-refractivity contribution in [2.75, 3.05) is 11.9 Å². The normalized spacial score (nSPS) is 12.8. The van der Waals surface area contributed by atoms with Crippen molar-refractivity contribution in [2.45, 2.75) is 52.5 Å². The van der Waals surface area contributed by atoms with Crippen LogP contribution in [-0.2, 0) is 0 Å². The molecule has 0 radical (unpaired) electrons. The van der Waals surface area contributed by atoms with E-state index < -0.39 is 0 Å². The molecule has 0 heterocycles. The van der Waals surface area contributed by atoms with Crippen molar-refractivity contribution in [3.8, 4) is 0 Å². The Hall–Kier alpha value is -0.980. The molecule has 1 aromatic carbocycles. The first kappa shape index (κ1) is 14.1. The Morgan fingerprint density at radius 3 is 2.00 bits per heavy atom. The Morgan fingerprint density at radius 2 is 1.53 bits per heavy atom. The Balaban J connectivity index is 2.69. The van der Waals surface area contributed by atoms with Gasteiger partial charge in [-0.2, -0.15) is 0 Å². The summed E-state index contributed by atoms with van der Waals surface area (Å²) < 4.78 is 0. The maximum atomic E-state index is 2.43. The number of rotatable bonds is 7. The maximum absolute atomic E-state index is 2.43. The third kappa shape index (κ3) is 4.07. The molecule has 1 unspecified atom stereocenters. The average molecular weight is 233 g/mol. The average Bonchev–Trinajstić information content (AvgIpc) is 2.38. The summed E-state index contributed by atoms with van der Waals surface area (Å²) in [6.07, 6.45) is 5.26. The fourth-order valence-corrected chi connectivity index (χ4v) is 2.58. The van der Waals surface area contributed by atoms with Crippen molar-refractivity contribution in [3.05, 3.63) is 30.3 Å². The zero-order chi connectivity index (χ0) is 12.7. The van der Waals surface area contributed by atoms with E-state index in [-0.39, 0.29) is 0 Å². The molecule has 0 fully saturated rings. The second kappa shape index (κ2) is 7.37. The van der Waals surface area contributed by atoms with Gasteiger partial charge in [0.05, 0.1) is 0 Å². The van der Waals surface area contributed by atoms with Gasteiger partial charge in [-0.3, -0.25) is 0 Å². The quantitative estimate of drug-likeness (QED) is 0.658. The summed E-state index contributed by atoms with van der Waals surface area (Å²) in [5, 5.41) is 0. The summed E-state index contributed by atoms with van der Waals surface area (Å²) in [7, 11) is 2.22. The van der Waals surface area contributed by atoms with Crippen LogP contribution in [0.1, 0.15) is 46.5 Å². The van der Waals surface area contributed by atoms with E-state index in [0.717, 1.165) is 5.92 Å². The molecule has 0 spiro atoms. The smallest absolute Gasteiger partial charge is 0.0366 e. The zero-order valence-corrected chi connectivity index (χ0v) is 11.8. The highest BCUT2D eigenvalue weighted by atomic mass is 15.1. The van der Waals surface area contributed by atoms with Gasteiger partial charge in [0.25, 0.3) is 0 Å². The maximum Gasteiger partial charge on any atom is 0.0366 e. The van der Waals surface area contributed by atoms with Crippen molar-refractivity contribution in [3.63, 3.8) is 0 Å². The number of benzene rings is 1. The summed E-state index contributed by atoms with van der Waals surface area (Å²) in [5.41, 5.74) is 1.33. The summed E-state index contributed by atoms with van der Waals surface area (Å²) >= 11 is 0. The van der Waals surface area contributed by atoms with Crippen molar-refractivity contribution >= 4 is 5.69 Å². The fourth-order valence-electron chi connectivity index (χ4n) is 2.58. The molecule has 0 saturated carbocycles. The van der Waals surface area contributed by atoms with Crippen molar-refractivity contribution in [1.29, 1.82) is 0 Å². The predicted octanol–water partition coefficient (Wildman–Crippen LogP) is 4.73. The summed E-state index contributed by atoms with van der Waals surface area (Å²) in [6.45, 7) is 6.94. The van der Waals surface area contributed by atoms with Crippen molar-refractivity contribution in [2.24, 2.45) is 5.92 Å². The second-order valence-electron chi connectivity index (χ2n) is 5.02. The summed E-state index contributed by atoms with van der Waals surface area (Å²) in [6, 6.07) is 11.3. The van der Waals surface area contributed by atoms with Crippen LogP contribution in [0.25, 0.3) is 0 Å². The largest absolute Gasteiger partial charge is 0.372 e. The lowest BCUT2D eigenvalue weighted by molar-refractivity contribution is 0.369. The highest BCUT2D eigenvalue weighted by Gasteiger charge is 2.19. The molecule has 0 bridgehead atoms. The second-order valence-corrected chi connectivity index (χ2v) is 5.02. The molecule has 1 aromatic rings. The van der Waals surface area contributed by atoms with Crippen LogP contribution in [-0.4, -0.2) is 13.1 Å². The molecule has 1 rings (SSSR count). The molecule has 1 heteroatoms. The Kier molecular flexibility index (Phi) is 6.10. The Morgan fingerprint density at radius 1 is 1.00 bits per heavy atom. The predicted molar refractivity (Wildman–Crippen MR) is 77.6 cm³/mol. The molecular formula is C16H27N. The molecule has 0 N–H and O–H groups in total. The van der Waals surface area contributed by atoms with E-state index in [4.69, 9.17) is 0 Å². The standard InChI is InChI=1S/C16H27N/c1-5-10-15(11-6-2)14(3)17(4)16-12-8-7-9-13-16/h7-9,12-15H,5-6,10-11H2,1-4H3. The minimum absolute atomic E-state index is 0.622. The monoisotopic (exact) mass is 233 g/mol. The Bertz CT molecular complexity index is 288. The van der Waals surface area contributed by atoms with Crippen LogP contribution in [0.5, 0.6) is 0 Å². The summed E-state index contributed by atoms with van der Waals surface area (Å²) in [5.74, 6) is 0.815. The third-order valence-corrected chi connectivity index (χ3v) is 3.78. The first-order valence-electron chi connectivity index (χ1n) is 6.98. The van der Waals surface area contributed by atoms with Crippen LogP contribution in [0, 0.1) is 5.92 Å². The topological polar surface area (TPSA) is 3.24 Å². The van der Waals surface area contributed by atoms with Crippen LogP contribution in [0.2, 0.25) is 0 Å². The van der Waals surface area contributed by atoms with Gasteiger partial charge < -0.3 is 4.90 Å². The number of hydrogen-bond donors (Lipinski definition) is 0. The molecule has 1 nitrogen and oxygen atoms in total. The molecule has 0 aromatic heterocycles. The van der Waals surface area contributed by atoms with Crippen LogP contribution in [0.15, 0.2) is 30.3 Å². The van der Waals surface area contributed by atoms with Crippen LogP contribution in [0.4, 0.5) is 5.69 Å². The number of anilines is 1. The number of hydrogen-bond acceptors (Lipinski definition) is 1.